The van der Waals surface area contributed by atoms with Crippen molar-refractivity contribution in [2.45, 2.75) is 167 Å². The Bertz CT molecular complexity index is 1150. The maximum absolute atomic E-state index is 12.6. The van der Waals surface area contributed by atoms with Gasteiger partial charge in [-0.05, 0) is 77.0 Å². The summed E-state index contributed by atoms with van der Waals surface area (Å²) in [6.07, 6.45) is 41.5. The van der Waals surface area contributed by atoms with E-state index in [9.17, 15) is 23.8 Å². The summed E-state index contributed by atoms with van der Waals surface area (Å²) in [6.45, 7) is 2.61. The zero-order chi connectivity index (χ0) is 40.0. The van der Waals surface area contributed by atoms with E-state index in [4.69, 9.17) is 24.8 Å². The maximum atomic E-state index is 12.6. The lowest BCUT2D eigenvalue weighted by Gasteiger charge is -2.20. The van der Waals surface area contributed by atoms with E-state index in [-0.39, 0.29) is 19.4 Å². The molecule has 54 heavy (non-hydrogen) atoms. The molecular weight excluding hydrogens is 709 g/mol. The van der Waals surface area contributed by atoms with Crippen LogP contribution in [0.15, 0.2) is 60.8 Å². The van der Waals surface area contributed by atoms with Gasteiger partial charge in [-0.2, -0.15) is 0 Å². The molecule has 0 aromatic rings. The third kappa shape index (κ3) is 36.2. The van der Waals surface area contributed by atoms with Gasteiger partial charge in [-0.3, -0.25) is 23.4 Å². The SMILES string of the molecule is CC/C=C/C/C=C/C/C=C/CCCCCCCC(=O)OC[C@H](COP(=O)(O)OC[C@H](N)C(=O)O)OC(=O)CCCC/C=C/C/C=C/CCCCCCCC. The van der Waals surface area contributed by atoms with Crippen molar-refractivity contribution in [1.82, 2.24) is 0 Å². The molecule has 0 heterocycles. The summed E-state index contributed by atoms with van der Waals surface area (Å²) in [5.41, 5.74) is 5.32. The Kier molecular flexibility index (Phi) is 35.2. The fraction of sp³-hybridized carbons (Fsp3) is 0.690. The molecule has 4 N–H and O–H groups in total. The number of nitrogens with two attached hydrogens (primary N) is 1. The van der Waals surface area contributed by atoms with Gasteiger partial charge < -0.3 is 25.2 Å². The summed E-state index contributed by atoms with van der Waals surface area (Å²) >= 11 is 0. The van der Waals surface area contributed by atoms with Gasteiger partial charge in [0, 0.05) is 12.8 Å². The van der Waals surface area contributed by atoms with Crippen molar-refractivity contribution in [3.8, 4) is 0 Å². The van der Waals surface area contributed by atoms with Crippen LogP contribution in [0.1, 0.15) is 155 Å². The molecule has 0 spiro atoms. The summed E-state index contributed by atoms with van der Waals surface area (Å²) in [4.78, 5) is 45.8. The van der Waals surface area contributed by atoms with Crippen molar-refractivity contribution in [1.29, 1.82) is 0 Å². The predicted octanol–water partition coefficient (Wildman–Crippen LogP) is 10.4. The van der Waals surface area contributed by atoms with Crippen LogP contribution in [0, 0.1) is 0 Å². The van der Waals surface area contributed by atoms with E-state index in [0.29, 0.717) is 12.8 Å². The molecule has 0 aliphatic heterocycles. The molecule has 0 bridgehead atoms. The van der Waals surface area contributed by atoms with E-state index < -0.39 is 51.1 Å². The van der Waals surface area contributed by atoms with Crippen LogP contribution in [-0.4, -0.2) is 59.9 Å². The Morgan fingerprint density at radius 1 is 0.593 bits per heavy atom. The van der Waals surface area contributed by atoms with Crippen LogP contribution < -0.4 is 5.73 Å². The monoisotopic (exact) mass is 781 g/mol. The topological polar surface area (TPSA) is 172 Å². The highest BCUT2D eigenvalue weighted by molar-refractivity contribution is 7.47. The van der Waals surface area contributed by atoms with Gasteiger partial charge in [0.1, 0.15) is 12.6 Å². The van der Waals surface area contributed by atoms with E-state index in [1.54, 1.807) is 0 Å². The van der Waals surface area contributed by atoms with Crippen molar-refractivity contribution in [3.05, 3.63) is 60.8 Å². The van der Waals surface area contributed by atoms with E-state index in [2.05, 4.69) is 79.1 Å². The second kappa shape index (κ2) is 37.1. The lowest BCUT2D eigenvalue weighted by Crippen LogP contribution is -2.34. The molecule has 0 fully saturated rings. The number of esters is 2. The van der Waals surface area contributed by atoms with Gasteiger partial charge in [0.15, 0.2) is 6.10 Å². The number of aliphatic carboxylic acids is 1. The molecular formula is C42H72NO10P. The van der Waals surface area contributed by atoms with E-state index in [1.807, 2.05) is 0 Å². The van der Waals surface area contributed by atoms with Crippen LogP contribution in [0.4, 0.5) is 0 Å². The molecule has 12 heteroatoms. The fourth-order valence-corrected chi connectivity index (χ4v) is 5.83. The average Bonchev–Trinajstić information content (AvgIpc) is 3.14. The largest absolute Gasteiger partial charge is 0.480 e. The first-order valence-corrected chi connectivity index (χ1v) is 21.8. The number of rotatable bonds is 37. The first-order chi connectivity index (χ1) is 26.1. The smallest absolute Gasteiger partial charge is 0.472 e. The number of carboxylic acid groups (broad SMARTS) is 1. The predicted molar refractivity (Wildman–Crippen MR) is 217 cm³/mol. The number of ether oxygens (including phenoxy) is 2. The van der Waals surface area contributed by atoms with Crippen molar-refractivity contribution in [3.63, 3.8) is 0 Å². The van der Waals surface area contributed by atoms with Crippen molar-refractivity contribution < 1.29 is 47.5 Å². The average molecular weight is 782 g/mol. The lowest BCUT2D eigenvalue weighted by molar-refractivity contribution is -0.161. The highest BCUT2D eigenvalue weighted by Gasteiger charge is 2.28. The van der Waals surface area contributed by atoms with Gasteiger partial charge in [0.25, 0.3) is 0 Å². The highest BCUT2D eigenvalue weighted by Crippen LogP contribution is 2.43. The number of carbonyl (C=O) groups is 3. The van der Waals surface area contributed by atoms with E-state index in [0.717, 1.165) is 77.0 Å². The number of hydrogen-bond acceptors (Lipinski definition) is 9. The summed E-state index contributed by atoms with van der Waals surface area (Å²) in [5, 5.41) is 8.87. The van der Waals surface area contributed by atoms with Crippen LogP contribution in [0.25, 0.3) is 0 Å². The molecule has 0 aromatic carbocycles. The van der Waals surface area contributed by atoms with Crippen LogP contribution >= 0.6 is 7.82 Å². The standard InChI is InChI=1S/C42H72NO10P/c1-3-5-7-9-11-13-15-17-19-21-23-25-27-29-31-33-40(44)50-35-38(36-51-54(48,49)52-37-39(43)42(46)47)53-41(45)34-32-30-28-26-24-22-20-18-16-14-12-10-8-6-4-2/h5,7,11,13,17-20,24,26,38-39H,3-4,6,8-10,12,14-16,21-23,25,27-37,43H2,1-2H3,(H,46,47)(H,48,49)/b7-5+,13-11+,19-17+,20-18+,26-24+/t38-,39+/m1/s1. The Hall–Kier alpha value is -2.82. The van der Waals surface area contributed by atoms with Gasteiger partial charge in [-0.15, -0.1) is 0 Å². The van der Waals surface area contributed by atoms with Gasteiger partial charge >= 0.3 is 25.7 Å². The van der Waals surface area contributed by atoms with Gasteiger partial charge in [-0.1, -0.05) is 126 Å². The highest BCUT2D eigenvalue weighted by atomic mass is 31.2. The molecule has 0 saturated heterocycles. The minimum Gasteiger partial charge on any atom is -0.480 e. The normalized spacial score (nSPS) is 14.4. The first-order valence-electron chi connectivity index (χ1n) is 20.3. The van der Waals surface area contributed by atoms with Crippen LogP contribution in [0.3, 0.4) is 0 Å². The van der Waals surface area contributed by atoms with Gasteiger partial charge in [-0.25, -0.2) is 4.57 Å². The minimum atomic E-state index is -4.73. The quantitative estimate of drug-likeness (QED) is 0.0237. The molecule has 3 atom stereocenters. The fourth-order valence-electron chi connectivity index (χ4n) is 5.05. The molecule has 11 nitrogen and oxygen atoms in total. The Morgan fingerprint density at radius 3 is 1.59 bits per heavy atom. The second-order valence-electron chi connectivity index (χ2n) is 13.4. The van der Waals surface area contributed by atoms with Gasteiger partial charge in [0.2, 0.25) is 0 Å². The number of carboxylic acids is 1. The third-order valence-corrected chi connectivity index (χ3v) is 9.20. The molecule has 0 radical (unpaired) electrons. The Morgan fingerprint density at radius 2 is 1.04 bits per heavy atom. The molecule has 0 saturated carbocycles. The summed E-state index contributed by atoms with van der Waals surface area (Å²) in [6, 6.07) is -1.53. The molecule has 0 aliphatic carbocycles. The molecule has 1 unspecified atom stereocenters. The number of phosphoric ester groups is 1. The van der Waals surface area contributed by atoms with E-state index >= 15 is 0 Å². The molecule has 0 aromatic heterocycles. The summed E-state index contributed by atoms with van der Waals surface area (Å²) in [7, 11) is -4.73. The van der Waals surface area contributed by atoms with E-state index in [1.165, 1.54) is 38.5 Å². The maximum Gasteiger partial charge on any atom is 0.472 e. The number of allylic oxidation sites excluding steroid dienone is 10. The number of hydrogen-bond donors (Lipinski definition) is 3. The van der Waals surface area contributed by atoms with Crippen LogP contribution in [-0.2, 0) is 37.5 Å². The number of phosphoric acid groups is 1. The van der Waals surface area contributed by atoms with Crippen LogP contribution in [0.5, 0.6) is 0 Å². The summed E-state index contributed by atoms with van der Waals surface area (Å²) < 4.78 is 32.6. The molecule has 0 amide bonds. The zero-order valence-corrected chi connectivity index (χ0v) is 34.2. The van der Waals surface area contributed by atoms with Crippen molar-refractivity contribution in [2.24, 2.45) is 5.73 Å². The van der Waals surface area contributed by atoms with Crippen molar-refractivity contribution in [2.75, 3.05) is 19.8 Å². The number of unbranched alkanes of at least 4 members (excludes halogenated alkanes) is 13. The third-order valence-electron chi connectivity index (χ3n) is 8.25. The van der Waals surface area contributed by atoms with Gasteiger partial charge in [0.05, 0.1) is 13.2 Å². The summed E-state index contributed by atoms with van der Waals surface area (Å²) in [5.74, 6) is -2.45. The second-order valence-corrected chi connectivity index (χ2v) is 14.8. The Balaban J connectivity index is 4.50. The Labute approximate surface area is 326 Å². The van der Waals surface area contributed by atoms with Crippen LogP contribution in [0.2, 0.25) is 0 Å². The molecule has 310 valence electrons. The minimum absolute atomic E-state index is 0.112. The number of carbonyl (C=O) groups excluding carboxylic acids is 2. The lowest BCUT2D eigenvalue weighted by atomic mass is 10.1. The zero-order valence-electron chi connectivity index (χ0n) is 33.3. The van der Waals surface area contributed by atoms with Crippen molar-refractivity contribution >= 4 is 25.7 Å². The molecule has 0 rings (SSSR count). The first kappa shape index (κ1) is 51.2. The molecule has 0 aliphatic rings.